The zero-order valence-electron chi connectivity index (χ0n) is 17.9. The summed E-state index contributed by atoms with van der Waals surface area (Å²) in [5.41, 5.74) is 10.4. The van der Waals surface area contributed by atoms with Crippen molar-refractivity contribution in [3.8, 4) is 28.3 Å². The van der Waals surface area contributed by atoms with Gasteiger partial charge in [0, 0.05) is 48.2 Å². The molecular formula is C24H23ClFN5O2. The number of anilines is 1. The van der Waals surface area contributed by atoms with Gasteiger partial charge in [0.05, 0.1) is 35.5 Å². The van der Waals surface area contributed by atoms with Crippen LogP contribution in [-0.4, -0.2) is 52.4 Å². The second-order valence-corrected chi connectivity index (χ2v) is 8.61. The molecule has 1 aliphatic rings. The minimum atomic E-state index is -0.691. The lowest BCUT2D eigenvalue weighted by Gasteiger charge is -2.37. The van der Waals surface area contributed by atoms with Crippen molar-refractivity contribution in [2.75, 3.05) is 25.1 Å². The van der Waals surface area contributed by atoms with Crippen LogP contribution in [0.2, 0.25) is 5.02 Å². The second-order valence-electron chi connectivity index (χ2n) is 8.18. The number of pyridine rings is 1. The maximum atomic E-state index is 14.4. The van der Waals surface area contributed by atoms with E-state index in [0.717, 1.165) is 22.3 Å². The summed E-state index contributed by atoms with van der Waals surface area (Å²) in [6.45, 7) is 0.963. The van der Waals surface area contributed by atoms with Crippen molar-refractivity contribution >= 4 is 28.3 Å². The number of nitrogens with zero attached hydrogens (tertiary/aromatic N) is 3. The molecule has 5 rings (SSSR count). The molecule has 0 aliphatic carbocycles. The monoisotopic (exact) mass is 467 g/mol. The van der Waals surface area contributed by atoms with E-state index in [1.165, 1.54) is 19.2 Å². The number of H-pyrrole nitrogens is 1. The Balaban J connectivity index is 1.72. The Morgan fingerprint density at radius 2 is 2.03 bits per heavy atom. The number of imidazole rings is 1. The number of ether oxygens (including phenoxy) is 1. The summed E-state index contributed by atoms with van der Waals surface area (Å²) in [6, 6.07) is 9.67. The lowest BCUT2D eigenvalue weighted by atomic mass is 9.97. The maximum Gasteiger partial charge on any atom is 0.142 e. The minimum absolute atomic E-state index is 0.294. The van der Waals surface area contributed by atoms with Crippen LogP contribution in [0.5, 0.6) is 5.75 Å². The zero-order valence-corrected chi connectivity index (χ0v) is 18.7. The summed E-state index contributed by atoms with van der Waals surface area (Å²) in [7, 11) is 1.50. The van der Waals surface area contributed by atoms with E-state index in [9.17, 15) is 9.50 Å². The first-order chi connectivity index (χ1) is 15.9. The minimum Gasteiger partial charge on any atom is -0.497 e. The van der Waals surface area contributed by atoms with Gasteiger partial charge in [-0.25, -0.2) is 9.37 Å². The van der Waals surface area contributed by atoms with Gasteiger partial charge in [-0.3, -0.25) is 4.98 Å². The molecule has 0 saturated carbocycles. The van der Waals surface area contributed by atoms with Crippen LogP contribution in [-0.2, 0) is 0 Å². The number of halogens is 2. The fourth-order valence-electron chi connectivity index (χ4n) is 4.28. The van der Waals surface area contributed by atoms with E-state index in [0.29, 0.717) is 47.2 Å². The van der Waals surface area contributed by atoms with Crippen LogP contribution in [0.25, 0.3) is 33.5 Å². The van der Waals surface area contributed by atoms with Crippen LogP contribution >= 0.6 is 11.6 Å². The molecule has 1 saturated heterocycles. The van der Waals surface area contributed by atoms with E-state index in [4.69, 9.17) is 27.1 Å². The van der Waals surface area contributed by atoms with Gasteiger partial charge in [0.25, 0.3) is 0 Å². The number of rotatable bonds is 4. The number of aliphatic hydroxyl groups is 1. The number of β-amino-alcohol motifs (C(OH)–C–C–N with tert-alkyl or cyclic N) is 1. The molecule has 0 radical (unpaired) electrons. The Morgan fingerprint density at radius 1 is 1.21 bits per heavy atom. The van der Waals surface area contributed by atoms with Crippen molar-refractivity contribution in [2.45, 2.75) is 18.6 Å². The van der Waals surface area contributed by atoms with Crippen LogP contribution < -0.4 is 15.4 Å². The number of aromatic amines is 1. The fraction of sp³-hybridized carbons (Fsp3) is 0.250. The van der Waals surface area contributed by atoms with E-state index in [-0.39, 0.29) is 6.04 Å². The van der Waals surface area contributed by atoms with Gasteiger partial charge < -0.3 is 25.5 Å². The van der Waals surface area contributed by atoms with Gasteiger partial charge in [0.2, 0.25) is 0 Å². The highest BCUT2D eigenvalue weighted by molar-refractivity contribution is 6.31. The average molecular weight is 468 g/mol. The molecule has 9 heteroatoms. The van der Waals surface area contributed by atoms with Gasteiger partial charge in [-0.1, -0.05) is 11.6 Å². The molecule has 4 N–H and O–H groups in total. The molecule has 2 atom stereocenters. The third-order valence-electron chi connectivity index (χ3n) is 5.98. The first-order valence-electron chi connectivity index (χ1n) is 10.6. The Morgan fingerprint density at radius 3 is 2.82 bits per heavy atom. The van der Waals surface area contributed by atoms with Crippen molar-refractivity contribution in [2.24, 2.45) is 5.73 Å². The number of hydrogen-bond donors (Lipinski definition) is 3. The highest BCUT2D eigenvalue weighted by atomic mass is 35.5. The van der Waals surface area contributed by atoms with Crippen molar-refractivity contribution in [1.29, 1.82) is 0 Å². The Hall–Kier alpha value is -3.20. The van der Waals surface area contributed by atoms with Gasteiger partial charge in [-0.15, -0.1) is 0 Å². The topological polar surface area (TPSA) is 100 Å². The molecule has 1 fully saturated rings. The highest BCUT2D eigenvalue weighted by Crippen LogP contribution is 2.40. The lowest BCUT2D eigenvalue weighted by molar-refractivity contribution is 0.132. The number of methoxy groups -OCH3 is 1. The van der Waals surface area contributed by atoms with Crippen LogP contribution in [0.4, 0.5) is 10.1 Å². The summed E-state index contributed by atoms with van der Waals surface area (Å²) < 4.78 is 19.7. The van der Waals surface area contributed by atoms with E-state index in [2.05, 4.69) is 14.9 Å². The molecule has 2 aromatic heterocycles. The Bertz CT molecular complexity index is 1330. The largest absolute Gasteiger partial charge is 0.497 e. The normalized spacial score (nSPS) is 18.6. The van der Waals surface area contributed by atoms with Gasteiger partial charge in [0.1, 0.15) is 17.4 Å². The van der Waals surface area contributed by atoms with Gasteiger partial charge >= 0.3 is 0 Å². The number of nitrogens with one attached hydrogen (secondary N) is 1. The summed E-state index contributed by atoms with van der Waals surface area (Å²) in [6.07, 6.45) is 3.33. The molecular weight excluding hydrogens is 445 g/mol. The summed E-state index contributed by atoms with van der Waals surface area (Å²) in [5.74, 6) is 0.588. The number of nitrogens with two attached hydrogens (primary N) is 1. The fourth-order valence-corrected chi connectivity index (χ4v) is 4.45. The second kappa shape index (κ2) is 8.62. The maximum absolute atomic E-state index is 14.4. The molecule has 0 unspecified atom stereocenters. The predicted octanol–water partition coefficient (Wildman–Crippen LogP) is 3.99. The number of hydrogen-bond acceptors (Lipinski definition) is 6. The van der Waals surface area contributed by atoms with Crippen molar-refractivity contribution < 1.29 is 14.2 Å². The molecule has 33 heavy (non-hydrogen) atoms. The molecule has 0 spiro atoms. The molecule has 170 valence electrons. The number of fused-ring (bicyclic) bond motifs is 1. The van der Waals surface area contributed by atoms with E-state index in [1.54, 1.807) is 24.5 Å². The molecule has 4 aromatic rings. The van der Waals surface area contributed by atoms with E-state index < -0.39 is 11.9 Å². The summed E-state index contributed by atoms with van der Waals surface area (Å²) >= 11 is 6.15. The molecule has 3 heterocycles. The van der Waals surface area contributed by atoms with Crippen molar-refractivity contribution in [3.63, 3.8) is 0 Å². The quantitative estimate of drug-likeness (QED) is 0.419. The van der Waals surface area contributed by atoms with Crippen LogP contribution in [0.1, 0.15) is 6.42 Å². The van der Waals surface area contributed by atoms with Crippen LogP contribution in [0.15, 0.2) is 48.8 Å². The lowest BCUT2D eigenvalue weighted by Crippen LogP contribution is -2.50. The standard InChI is InChI=1S/C24H23ClFN5O2/c1-33-16-7-13(6-15(26)9-16)17-10-28-11-18(23(17)31-5-4-19(27)22(32)12-31)24-29-20-3-2-14(25)8-21(20)30-24/h2-3,6-11,19,22,32H,4-5,12,27H2,1H3,(H,29,30)/t19-,22+/m0/s1. The molecule has 2 aromatic carbocycles. The number of aromatic nitrogens is 3. The Labute approximate surface area is 195 Å². The first kappa shape index (κ1) is 21.6. The average Bonchev–Trinajstić information content (AvgIpc) is 3.23. The summed E-state index contributed by atoms with van der Waals surface area (Å²) in [4.78, 5) is 14.5. The van der Waals surface area contributed by atoms with Crippen LogP contribution in [0, 0.1) is 5.82 Å². The summed E-state index contributed by atoms with van der Waals surface area (Å²) in [5, 5.41) is 11.1. The molecule has 1 aliphatic heterocycles. The third kappa shape index (κ3) is 4.13. The predicted molar refractivity (Wildman–Crippen MR) is 127 cm³/mol. The van der Waals surface area contributed by atoms with Crippen molar-refractivity contribution in [3.05, 3.63) is 59.6 Å². The first-order valence-corrected chi connectivity index (χ1v) is 11.0. The SMILES string of the molecule is COc1cc(F)cc(-c2cncc(-c3nc4ccc(Cl)cc4[nH]3)c2N2CC[C@H](N)[C@H](O)C2)c1. The van der Waals surface area contributed by atoms with Gasteiger partial charge in [-0.05, 0) is 42.3 Å². The van der Waals surface area contributed by atoms with E-state index in [1.807, 2.05) is 12.1 Å². The van der Waals surface area contributed by atoms with Crippen LogP contribution in [0.3, 0.4) is 0 Å². The number of benzene rings is 2. The van der Waals surface area contributed by atoms with Gasteiger partial charge in [-0.2, -0.15) is 0 Å². The third-order valence-corrected chi connectivity index (χ3v) is 6.22. The van der Waals surface area contributed by atoms with Crippen molar-refractivity contribution in [1.82, 2.24) is 15.0 Å². The number of piperidine rings is 1. The number of aliphatic hydroxyl groups excluding tert-OH is 1. The smallest absolute Gasteiger partial charge is 0.142 e. The zero-order chi connectivity index (χ0) is 23.1. The highest BCUT2D eigenvalue weighted by Gasteiger charge is 2.29. The van der Waals surface area contributed by atoms with E-state index >= 15 is 0 Å². The molecule has 7 nitrogen and oxygen atoms in total. The van der Waals surface area contributed by atoms with Gasteiger partial charge in [0.15, 0.2) is 0 Å². The Kier molecular flexibility index (Phi) is 5.65. The molecule has 0 amide bonds. The molecule has 0 bridgehead atoms.